The average Bonchev–Trinajstić information content (AvgIpc) is 3.35. The van der Waals surface area contributed by atoms with E-state index in [0.29, 0.717) is 35.6 Å². The summed E-state index contributed by atoms with van der Waals surface area (Å²) in [7, 11) is 1.73. The topological polar surface area (TPSA) is 151 Å². The molecule has 186 valence electrons. The van der Waals surface area contributed by atoms with Gasteiger partial charge < -0.3 is 9.84 Å². The van der Waals surface area contributed by atoms with Gasteiger partial charge in [-0.25, -0.2) is 29.5 Å². The summed E-state index contributed by atoms with van der Waals surface area (Å²) in [4.78, 5) is 41.8. The number of esters is 1. The van der Waals surface area contributed by atoms with Crippen molar-refractivity contribution in [3.05, 3.63) is 59.7 Å². The second-order valence-electron chi connectivity index (χ2n) is 8.81. The average molecular weight is 491 g/mol. The van der Waals surface area contributed by atoms with E-state index in [1.807, 2.05) is 6.92 Å². The van der Waals surface area contributed by atoms with Gasteiger partial charge in [-0.15, -0.1) is 0 Å². The van der Waals surface area contributed by atoms with Gasteiger partial charge in [0.15, 0.2) is 23.0 Å². The van der Waals surface area contributed by atoms with Gasteiger partial charge in [0.05, 0.1) is 11.1 Å². The van der Waals surface area contributed by atoms with E-state index in [-0.39, 0.29) is 17.2 Å². The van der Waals surface area contributed by atoms with Crippen LogP contribution in [0.2, 0.25) is 0 Å². The summed E-state index contributed by atoms with van der Waals surface area (Å²) in [5.41, 5.74) is 1.28. The Morgan fingerprint density at radius 1 is 0.889 bits per heavy atom. The van der Waals surface area contributed by atoms with Crippen molar-refractivity contribution in [1.82, 2.24) is 39.5 Å². The molecule has 0 aliphatic heterocycles. The highest BCUT2D eigenvalue weighted by Gasteiger charge is 2.31. The fourth-order valence-corrected chi connectivity index (χ4v) is 3.78. The normalized spacial score (nSPS) is 11.5. The summed E-state index contributed by atoms with van der Waals surface area (Å²) < 4.78 is 8.99. The maximum atomic E-state index is 13.2. The van der Waals surface area contributed by atoms with E-state index < -0.39 is 17.5 Å². The van der Waals surface area contributed by atoms with Crippen molar-refractivity contribution in [3.63, 3.8) is 0 Å². The van der Waals surface area contributed by atoms with Crippen LogP contribution in [0.15, 0.2) is 36.9 Å². The zero-order valence-corrected chi connectivity index (χ0v) is 20.6. The molecule has 36 heavy (non-hydrogen) atoms. The lowest BCUT2D eigenvalue weighted by Gasteiger charge is -2.25. The molecule has 0 bridgehead atoms. The van der Waals surface area contributed by atoms with Crippen molar-refractivity contribution in [1.29, 1.82) is 0 Å². The van der Waals surface area contributed by atoms with Crippen molar-refractivity contribution in [3.8, 4) is 22.8 Å². The molecule has 1 N–H and O–H groups in total. The Morgan fingerprint density at radius 3 is 1.94 bits per heavy atom. The van der Waals surface area contributed by atoms with Gasteiger partial charge >= 0.3 is 11.9 Å². The molecule has 4 aromatic heterocycles. The Bertz CT molecular complexity index is 1410. The molecule has 0 saturated heterocycles. The van der Waals surface area contributed by atoms with Crippen molar-refractivity contribution >= 4 is 11.9 Å². The van der Waals surface area contributed by atoms with Gasteiger partial charge in [0.1, 0.15) is 5.60 Å². The Morgan fingerprint density at radius 2 is 1.42 bits per heavy atom. The molecule has 0 aliphatic rings. The first-order valence-corrected chi connectivity index (χ1v) is 11.2. The molecular weight excluding hydrogens is 464 g/mol. The molecule has 0 aliphatic carbocycles. The summed E-state index contributed by atoms with van der Waals surface area (Å²) >= 11 is 0. The van der Waals surface area contributed by atoms with Crippen molar-refractivity contribution in [2.45, 2.75) is 46.3 Å². The molecule has 0 aromatic carbocycles. The highest BCUT2D eigenvalue weighted by atomic mass is 16.6. The van der Waals surface area contributed by atoms with Crippen LogP contribution in [0, 0.1) is 13.8 Å². The number of rotatable bonds is 8. The number of ether oxygens (including phenoxy) is 1. The Balaban J connectivity index is 1.55. The molecule has 4 aromatic rings. The minimum absolute atomic E-state index is 0.126. The largest absolute Gasteiger partial charge is 0.476 e. The monoisotopic (exact) mass is 490 g/mol. The molecule has 0 fully saturated rings. The van der Waals surface area contributed by atoms with Crippen LogP contribution in [0.3, 0.4) is 0 Å². The minimum Gasteiger partial charge on any atom is -0.476 e. The van der Waals surface area contributed by atoms with Gasteiger partial charge in [0.25, 0.3) is 0 Å². The van der Waals surface area contributed by atoms with Crippen molar-refractivity contribution in [2.75, 3.05) is 0 Å². The third-order valence-electron chi connectivity index (χ3n) is 5.81. The number of carbonyl (C=O) groups excluding carboxylic acids is 1. The van der Waals surface area contributed by atoms with E-state index in [4.69, 9.17) is 4.74 Å². The lowest BCUT2D eigenvalue weighted by molar-refractivity contribution is -0.00722. The lowest BCUT2D eigenvalue weighted by atomic mass is 10.0. The molecule has 0 radical (unpaired) electrons. The zero-order valence-electron chi connectivity index (χ0n) is 20.6. The molecule has 0 atom stereocenters. The van der Waals surface area contributed by atoms with E-state index in [0.717, 1.165) is 5.69 Å². The Hall–Kier alpha value is -4.48. The smallest absolute Gasteiger partial charge is 0.360 e. The number of hydrogen-bond acceptors (Lipinski definition) is 9. The first-order valence-electron chi connectivity index (χ1n) is 11.2. The third-order valence-corrected chi connectivity index (χ3v) is 5.81. The summed E-state index contributed by atoms with van der Waals surface area (Å²) in [5, 5.41) is 18.3. The van der Waals surface area contributed by atoms with Crippen LogP contribution in [-0.2, 0) is 18.3 Å². The number of carboxylic acid groups (broad SMARTS) is 1. The maximum Gasteiger partial charge on any atom is 0.360 e. The van der Waals surface area contributed by atoms with Crippen LogP contribution in [0.4, 0.5) is 0 Å². The SMILES string of the molecule is Cc1c(-c2ncccn2)c(C(=O)OC(C)(C)CCn2nc(C(=O)O)c(-c3ncccn3)c2C)nn1C. The molecule has 4 rings (SSSR count). The van der Waals surface area contributed by atoms with Crippen LogP contribution in [0.5, 0.6) is 0 Å². The Labute approximate surface area is 207 Å². The van der Waals surface area contributed by atoms with E-state index in [9.17, 15) is 14.7 Å². The first kappa shape index (κ1) is 24.6. The van der Waals surface area contributed by atoms with Gasteiger partial charge in [-0.1, -0.05) is 0 Å². The number of nitrogens with zero attached hydrogens (tertiary/aromatic N) is 8. The summed E-state index contributed by atoms with van der Waals surface area (Å²) in [6, 6.07) is 3.34. The molecular formula is C24H26N8O4. The van der Waals surface area contributed by atoms with Crippen molar-refractivity contribution in [2.24, 2.45) is 7.05 Å². The van der Waals surface area contributed by atoms with Crippen molar-refractivity contribution < 1.29 is 19.4 Å². The first-order chi connectivity index (χ1) is 17.1. The van der Waals surface area contributed by atoms with E-state index in [1.54, 1.807) is 74.1 Å². The summed E-state index contributed by atoms with van der Waals surface area (Å²) in [5.74, 6) is -1.11. The molecule has 0 saturated carbocycles. The number of aromatic nitrogens is 8. The van der Waals surface area contributed by atoms with Gasteiger partial charge in [-0.2, -0.15) is 10.2 Å². The van der Waals surface area contributed by atoms with Gasteiger partial charge in [0, 0.05) is 56.2 Å². The summed E-state index contributed by atoms with van der Waals surface area (Å²) in [6.07, 6.45) is 6.64. The molecule has 0 amide bonds. The molecule has 4 heterocycles. The van der Waals surface area contributed by atoms with Crippen LogP contribution < -0.4 is 0 Å². The Kier molecular flexibility index (Phi) is 6.60. The highest BCUT2D eigenvalue weighted by Crippen LogP contribution is 2.28. The van der Waals surface area contributed by atoms with Crippen LogP contribution in [0.25, 0.3) is 22.8 Å². The fourth-order valence-electron chi connectivity index (χ4n) is 3.78. The van der Waals surface area contributed by atoms with Gasteiger partial charge in [-0.3, -0.25) is 9.36 Å². The third kappa shape index (κ3) is 4.83. The number of aromatic carboxylic acids is 1. The molecule has 0 spiro atoms. The zero-order chi connectivity index (χ0) is 26.0. The molecule has 0 unspecified atom stereocenters. The van der Waals surface area contributed by atoms with Crippen LogP contribution in [0.1, 0.15) is 52.6 Å². The number of hydrogen-bond donors (Lipinski definition) is 1. The van der Waals surface area contributed by atoms with Crippen LogP contribution >= 0.6 is 0 Å². The van der Waals surface area contributed by atoms with Gasteiger partial charge in [0.2, 0.25) is 0 Å². The van der Waals surface area contributed by atoms with Crippen LogP contribution in [-0.4, -0.2) is 62.1 Å². The number of carbonyl (C=O) groups is 2. The van der Waals surface area contributed by atoms with Gasteiger partial charge in [-0.05, 0) is 39.8 Å². The van der Waals surface area contributed by atoms with E-state index in [2.05, 4.69) is 30.1 Å². The lowest BCUT2D eigenvalue weighted by Crippen LogP contribution is -2.30. The summed E-state index contributed by atoms with van der Waals surface area (Å²) in [6.45, 7) is 7.44. The second-order valence-corrected chi connectivity index (χ2v) is 8.81. The predicted octanol–water partition coefficient (Wildman–Crippen LogP) is 2.87. The molecule has 12 heteroatoms. The van der Waals surface area contributed by atoms with E-state index >= 15 is 0 Å². The van der Waals surface area contributed by atoms with E-state index in [1.165, 1.54) is 0 Å². The number of aryl methyl sites for hydroxylation is 2. The number of carboxylic acids is 1. The second kappa shape index (κ2) is 9.64. The molecule has 12 nitrogen and oxygen atoms in total. The minimum atomic E-state index is -1.17. The maximum absolute atomic E-state index is 13.2. The quantitative estimate of drug-likeness (QED) is 0.365. The predicted molar refractivity (Wildman–Crippen MR) is 128 cm³/mol. The standard InChI is InChI=1S/C24H26N8O4/c1-14-16(20-25-9-6-10-26-20)19(29-31(14)5)23(35)36-24(3,4)8-13-32-15(2)17(18(30-32)22(33)34)21-27-11-7-12-28-21/h6-7,9-12H,8,13H2,1-5H3,(H,33,34). The fraction of sp³-hybridized carbons (Fsp3) is 0.333. The highest BCUT2D eigenvalue weighted by molar-refractivity contribution is 5.95.